The van der Waals surface area contributed by atoms with Gasteiger partial charge in [-0.1, -0.05) is 0 Å². The molecule has 8 heteroatoms. The summed E-state index contributed by atoms with van der Waals surface area (Å²) in [7, 11) is 0. The molecule has 0 aromatic carbocycles. The Morgan fingerprint density at radius 1 is 1.47 bits per heavy atom. The third kappa shape index (κ3) is 5.14. The molecule has 0 radical (unpaired) electrons. The fourth-order valence-corrected chi connectivity index (χ4v) is 0.965. The average Bonchev–Trinajstić information content (AvgIpc) is 2.27. The Morgan fingerprint density at radius 2 is 2.06 bits per heavy atom. The maximum atomic E-state index is 11.7. The van der Waals surface area contributed by atoms with Crippen molar-refractivity contribution in [1.29, 1.82) is 0 Å². The van der Waals surface area contributed by atoms with E-state index in [1.165, 1.54) is 19.3 Å². The molecule has 1 aromatic rings. The van der Waals surface area contributed by atoms with Crippen molar-refractivity contribution in [3.63, 3.8) is 0 Å². The van der Waals surface area contributed by atoms with E-state index in [1.807, 2.05) is 0 Å². The average molecular weight is 249 g/mol. The molecule has 1 heterocycles. The number of alkyl carbamates (subject to hydrolysis) is 1. The molecule has 0 spiro atoms. The van der Waals surface area contributed by atoms with E-state index in [1.54, 1.807) is 6.07 Å². The molecule has 0 saturated carbocycles. The molecule has 0 bridgehead atoms. The maximum Gasteiger partial charge on any atom is 0.422 e. The van der Waals surface area contributed by atoms with Crippen LogP contribution in [0.25, 0.3) is 0 Å². The van der Waals surface area contributed by atoms with Crippen molar-refractivity contribution >= 4 is 6.09 Å². The molecule has 0 fully saturated rings. The van der Waals surface area contributed by atoms with Crippen molar-refractivity contribution in [3.8, 4) is 0 Å². The number of rotatable bonds is 3. The van der Waals surface area contributed by atoms with Crippen LogP contribution in [0, 0.1) is 0 Å². The smallest absolute Gasteiger partial charge is 0.422 e. The lowest BCUT2D eigenvalue weighted by atomic mass is 10.3. The zero-order valence-electron chi connectivity index (χ0n) is 8.86. The van der Waals surface area contributed by atoms with Gasteiger partial charge >= 0.3 is 12.3 Å². The summed E-state index contributed by atoms with van der Waals surface area (Å²) in [5.41, 5.74) is 0. The molecule has 5 nitrogen and oxygen atoms in total. The van der Waals surface area contributed by atoms with Gasteiger partial charge in [-0.3, -0.25) is 0 Å². The fraction of sp³-hybridized carbons (Fsp3) is 0.444. The number of nitrogens with one attached hydrogen (secondary N) is 1. The van der Waals surface area contributed by atoms with Gasteiger partial charge < -0.3 is 10.1 Å². The standard InChI is InChI=1S/C9H10F3N3O2/c1-6(7-13-3-2-4-14-7)15-8(16)17-5-9(10,11)12/h2-4,6H,5H2,1H3,(H,15,16). The van der Waals surface area contributed by atoms with Crippen LogP contribution in [0.5, 0.6) is 0 Å². The van der Waals surface area contributed by atoms with E-state index < -0.39 is 24.9 Å². The molecule has 1 aromatic heterocycles. The number of nitrogens with zero attached hydrogens (tertiary/aromatic N) is 2. The van der Waals surface area contributed by atoms with Crippen LogP contribution in [0.15, 0.2) is 18.5 Å². The van der Waals surface area contributed by atoms with Crippen molar-refractivity contribution < 1.29 is 22.7 Å². The Bertz CT molecular complexity index is 369. The monoisotopic (exact) mass is 249 g/mol. The summed E-state index contributed by atoms with van der Waals surface area (Å²) in [6.07, 6.45) is -2.78. The summed E-state index contributed by atoms with van der Waals surface area (Å²) in [5.74, 6) is 0.288. The number of aromatic nitrogens is 2. The molecule has 1 N–H and O–H groups in total. The third-order valence-corrected chi connectivity index (χ3v) is 1.67. The first kappa shape index (κ1) is 13.2. The number of carbonyl (C=O) groups is 1. The van der Waals surface area contributed by atoms with Crippen molar-refractivity contribution in [2.75, 3.05) is 6.61 Å². The van der Waals surface area contributed by atoms with E-state index in [4.69, 9.17) is 0 Å². The number of alkyl halides is 3. The molecule has 1 rings (SSSR count). The fourth-order valence-electron chi connectivity index (χ4n) is 0.965. The minimum atomic E-state index is -4.54. The first-order chi connectivity index (χ1) is 7.88. The van der Waals surface area contributed by atoms with Crippen LogP contribution < -0.4 is 5.32 Å². The topological polar surface area (TPSA) is 64.1 Å². The normalized spacial score (nSPS) is 12.9. The first-order valence-electron chi connectivity index (χ1n) is 4.65. The van der Waals surface area contributed by atoms with Crippen LogP contribution >= 0.6 is 0 Å². The number of ether oxygens (including phenoxy) is 1. The van der Waals surface area contributed by atoms with E-state index in [0.717, 1.165) is 0 Å². The van der Waals surface area contributed by atoms with E-state index in [9.17, 15) is 18.0 Å². The van der Waals surface area contributed by atoms with Gasteiger partial charge in [0.25, 0.3) is 0 Å². The van der Waals surface area contributed by atoms with Gasteiger partial charge in [-0.05, 0) is 13.0 Å². The van der Waals surface area contributed by atoms with Gasteiger partial charge in [0.2, 0.25) is 0 Å². The lowest BCUT2D eigenvalue weighted by molar-refractivity contribution is -0.160. The predicted octanol–water partition coefficient (Wildman–Crippen LogP) is 1.83. The van der Waals surface area contributed by atoms with Crippen molar-refractivity contribution in [2.45, 2.75) is 19.1 Å². The second kappa shape index (κ2) is 5.46. The molecule has 17 heavy (non-hydrogen) atoms. The van der Waals surface area contributed by atoms with Gasteiger partial charge in [0.15, 0.2) is 6.61 Å². The second-order valence-electron chi connectivity index (χ2n) is 3.16. The second-order valence-corrected chi connectivity index (χ2v) is 3.16. The minimum absolute atomic E-state index is 0.288. The Hall–Kier alpha value is -1.86. The highest BCUT2D eigenvalue weighted by molar-refractivity contribution is 5.67. The highest BCUT2D eigenvalue weighted by atomic mass is 19.4. The maximum absolute atomic E-state index is 11.7. The Morgan fingerprint density at radius 3 is 2.59 bits per heavy atom. The van der Waals surface area contributed by atoms with Gasteiger partial charge in [0.1, 0.15) is 5.82 Å². The molecule has 0 aliphatic heterocycles. The summed E-state index contributed by atoms with van der Waals surface area (Å²) in [5, 5.41) is 2.18. The zero-order valence-corrected chi connectivity index (χ0v) is 8.86. The highest BCUT2D eigenvalue weighted by Gasteiger charge is 2.29. The summed E-state index contributed by atoms with van der Waals surface area (Å²) < 4.78 is 39.2. The molecule has 0 saturated heterocycles. The van der Waals surface area contributed by atoms with Gasteiger partial charge in [-0.2, -0.15) is 13.2 Å². The van der Waals surface area contributed by atoms with Gasteiger partial charge in [-0.25, -0.2) is 14.8 Å². The van der Waals surface area contributed by atoms with Crippen LogP contribution in [-0.4, -0.2) is 28.8 Å². The molecule has 1 atom stereocenters. The minimum Gasteiger partial charge on any atom is -0.440 e. The zero-order chi connectivity index (χ0) is 12.9. The summed E-state index contributed by atoms with van der Waals surface area (Å²) >= 11 is 0. The van der Waals surface area contributed by atoms with E-state index in [2.05, 4.69) is 20.0 Å². The summed E-state index contributed by atoms with van der Waals surface area (Å²) in [4.78, 5) is 18.7. The molecule has 1 amide bonds. The van der Waals surface area contributed by atoms with Crippen LogP contribution in [0.2, 0.25) is 0 Å². The van der Waals surface area contributed by atoms with E-state index >= 15 is 0 Å². The number of halogens is 3. The van der Waals surface area contributed by atoms with Gasteiger partial charge in [0, 0.05) is 12.4 Å². The predicted molar refractivity (Wildman–Crippen MR) is 51.0 cm³/mol. The van der Waals surface area contributed by atoms with Crippen molar-refractivity contribution in [2.24, 2.45) is 0 Å². The van der Waals surface area contributed by atoms with Crippen LogP contribution in [0.1, 0.15) is 18.8 Å². The molecule has 94 valence electrons. The summed E-state index contributed by atoms with van der Waals surface area (Å²) in [6, 6.07) is 0.954. The molecular weight excluding hydrogens is 239 g/mol. The lowest BCUT2D eigenvalue weighted by Crippen LogP contribution is -2.31. The molecule has 1 unspecified atom stereocenters. The number of amides is 1. The number of carbonyl (C=O) groups excluding carboxylic acids is 1. The Labute approximate surface area is 95.0 Å². The van der Waals surface area contributed by atoms with Crippen LogP contribution in [0.4, 0.5) is 18.0 Å². The highest BCUT2D eigenvalue weighted by Crippen LogP contribution is 2.14. The first-order valence-corrected chi connectivity index (χ1v) is 4.65. The van der Waals surface area contributed by atoms with Crippen LogP contribution in [-0.2, 0) is 4.74 Å². The molecule has 0 aliphatic rings. The van der Waals surface area contributed by atoms with Gasteiger partial charge in [0.05, 0.1) is 6.04 Å². The number of hydrogen-bond donors (Lipinski definition) is 1. The van der Waals surface area contributed by atoms with Crippen molar-refractivity contribution in [1.82, 2.24) is 15.3 Å². The quantitative estimate of drug-likeness (QED) is 0.887. The summed E-state index contributed by atoms with van der Waals surface area (Å²) in [6.45, 7) is -0.0919. The molecule has 0 aliphatic carbocycles. The Kier molecular flexibility index (Phi) is 4.24. The van der Waals surface area contributed by atoms with E-state index in [0.29, 0.717) is 0 Å². The molecular formula is C9H10F3N3O2. The van der Waals surface area contributed by atoms with E-state index in [-0.39, 0.29) is 5.82 Å². The van der Waals surface area contributed by atoms with Crippen LogP contribution in [0.3, 0.4) is 0 Å². The number of hydrogen-bond acceptors (Lipinski definition) is 4. The Balaban J connectivity index is 2.42. The third-order valence-electron chi connectivity index (χ3n) is 1.67. The van der Waals surface area contributed by atoms with Crippen molar-refractivity contribution in [3.05, 3.63) is 24.3 Å². The largest absolute Gasteiger partial charge is 0.440 e. The van der Waals surface area contributed by atoms with Gasteiger partial charge in [-0.15, -0.1) is 0 Å². The SMILES string of the molecule is CC(NC(=O)OCC(F)(F)F)c1ncccn1. The lowest BCUT2D eigenvalue weighted by Gasteiger charge is -2.13.